The van der Waals surface area contributed by atoms with E-state index >= 15 is 0 Å². The molecule has 8 nitrogen and oxygen atoms in total. The molecule has 3 rings (SSSR count). The highest BCUT2D eigenvalue weighted by Crippen LogP contribution is 2.29. The van der Waals surface area contributed by atoms with Crippen molar-refractivity contribution in [1.82, 2.24) is 24.8 Å². The SMILES string of the molecule is C[C@H]1CN([C@@H](C)CO)C(=O)CCCn2nncc2CO[C@H]1CN(C)CC1CC1. The molecule has 8 heteroatoms. The van der Waals surface area contributed by atoms with Crippen molar-refractivity contribution in [2.75, 3.05) is 33.3 Å². The van der Waals surface area contributed by atoms with Crippen molar-refractivity contribution in [3.05, 3.63) is 11.9 Å². The molecule has 1 aromatic heterocycles. The van der Waals surface area contributed by atoms with Gasteiger partial charge in [-0.1, -0.05) is 12.1 Å². The van der Waals surface area contributed by atoms with Gasteiger partial charge in [-0.15, -0.1) is 5.10 Å². The summed E-state index contributed by atoms with van der Waals surface area (Å²) in [5, 5.41) is 17.8. The molecular weight excluding hydrogens is 358 g/mol. The molecular formula is C20H35N5O3. The number of aliphatic hydroxyl groups excluding tert-OH is 1. The van der Waals surface area contributed by atoms with Crippen molar-refractivity contribution in [2.24, 2.45) is 11.8 Å². The van der Waals surface area contributed by atoms with Crippen LogP contribution in [0, 0.1) is 11.8 Å². The number of carbonyl (C=O) groups excluding carboxylic acids is 1. The van der Waals surface area contributed by atoms with Crippen LogP contribution in [0.2, 0.25) is 0 Å². The van der Waals surface area contributed by atoms with Gasteiger partial charge in [-0.25, -0.2) is 4.68 Å². The van der Waals surface area contributed by atoms with Gasteiger partial charge >= 0.3 is 0 Å². The van der Waals surface area contributed by atoms with Crippen LogP contribution < -0.4 is 0 Å². The largest absolute Gasteiger partial charge is 0.394 e. The predicted molar refractivity (Wildman–Crippen MR) is 105 cm³/mol. The topological polar surface area (TPSA) is 83.7 Å². The summed E-state index contributed by atoms with van der Waals surface area (Å²) in [6.07, 6.45) is 5.55. The molecule has 1 aromatic rings. The molecule has 1 N–H and O–H groups in total. The van der Waals surface area contributed by atoms with E-state index in [1.807, 2.05) is 16.5 Å². The first-order valence-electron chi connectivity index (χ1n) is 10.6. The Hall–Kier alpha value is -1.51. The maximum Gasteiger partial charge on any atom is 0.222 e. The van der Waals surface area contributed by atoms with E-state index in [1.165, 1.54) is 12.8 Å². The van der Waals surface area contributed by atoms with Crippen molar-refractivity contribution in [1.29, 1.82) is 0 Å². The minimum absolute atomic E-state index is 0.00674. The molecule has 1 aliphatic carbocycles. The lowest BCUT2D eigenvalue weighted by Gasteiger charge is -2.35. The number of aryl methyl sites for hydroxylation is 1. The van der Waals surface area contributed by atoms with E-state index in [1.54, 1.807) is 6.20 Å². The van der Waals surface area contributed by atoms with Crippen LogP contribution in [0.25, 0.3) is 0 Å². The Morgan fingerprint density at radius 1 is 1.39 bits per heavy atom. The van der Waals surface area contributed by atoms with Crippen LogP contribution in [0.5, 0.6) is 0 Å². The van der Waals surface area contributed by atoms with Crippen LogP contribution in [0.1, 0.15) is 45.2 Å². The lowest BCUT2D eigenvalue weighted by Crippen LogP contribution is -2.47. The minimum atomic E-state index is -0.190. The number of aromatic nitrogens is 3. The maximum absolute atomic E-state index is 12.8. The van der Waals surface area contributed by atoms with Gasteiger partial charge in [0, 0.05) is 38.5 Å². The second-order valence-electron chi connectivity index (χ2n) is 8.62. The Morgan fingerprint density at radius 2 is 2.18 bits per heavy atom. The molecule has 28 heavy (non-hydrogen) atoms. The van der Waals surface area contributed by atoms with Gasteiger partial charge in [0.05, 0.1) is 37.3 Å². The number of aliphatic hydroxyl groups is 1. The van der Waals surface area contributed by atoms with Gasteiger partial charge in [0.1, 0.15) is 0 Å². The van der Waals surface area contributed by atoms with E-state index in [9.17, 15) is 9.90 Å². The third-order valence-corrected chi connectivity index (χ3v) is 5.90. The van der Waals surface area contributed by atoms with Gasteiger partial charge in [-0.05, 0) is 39.2 Å². The van der Waals surface area contributed by atoms with Crippen LogP contribution in [-0.4, -0.2) is 81.2 Å². The number of carbonyl (C=O) groups is 1. The average Bonchev–Trinajstić information content (AvgIpc) is 3.37. The summed E-state index contributed by atoms with van der Waals surface area (Å²) in [6, 6.07) is -0.190. The first-order chi connectivity index (χ1) is 13.5. The number of hydrogen-bond donors (Lipinski definition) is 1. The van der Waals surface area contributed by atoms with Crippen molar-refractivity contribution in [3.63, 3.8) is 0 Å². The van der Waals surface area contributed by atoms with E-state index in [2.05, 4.69) is 29.2 Å². The van der Waals surface area contributed by atoms with Crippen LogP contribution in [0.3, 0.4) is 0 Å². The summed E-state index contributed by atoms with van der Waals surface area (Å²) in [4.78, 5) is 17.0. The van der Waals surface area contributed by atoms with E-state index in [-0.39, 0.29) is 30.6 Å². The smallest absolute Gasteiger partial charge is 0.222 e. The number of likely N-dealkylation sites (N-methyl/N-ethyl adjacent to an activating group) is 1. The molecule has 2 aliphatic rings. The van der Waals surface area contributed by atoms with Crippen molar-refractivity contribution >= 4 is 5.91 Å². The highest BCUT2D eigenvalue weighted by Gasteiger charge is 2.29. The quantitative estimate of drug-likeness (QED) is 0.780. The third-order valence-electron chi connectivity index (χ3n) is 5.90. The number of nitrogens with zero attached hydrogens (tertiary/aromatic N) is 5. The van der Waals surface area contributed by atoms with E-state index in [0.717, 1.165) is 24.7 Å². The van der Waals surface area contributed by atoms with Crippen LogP contribution in [0.15, 0.2) is 6.20 Å². The molecule has 1 aliphatic heterocycles. The Kier molecular flexibility index (Phi) is 7.42. The molecule has 0 saturated heterocycles. The molecule has 1 saturated carbocycles. The van der Waals surface area contributed by atoms with Crippen molar-refractivity contribution < 1.29 is 14.6 Å². The second kappa shape index (κ2) is 9.80. The Bertz CT molecular complexity index is 633. The Balaban J connectivity index is 1.75. The fourth-order valence-electron chi connectivity index (χ4n) is 3.87. The molecule has 1 fully saturated rings. The van der Waals surface area contributed by atoms with Gasteiger partial charge in [0.25, 0.3) is 0 Å². The van der Waals surface area contributed by atoms with Crippen LogP contribution in [0.4, 0.5) is 0 Å². The molecule has 0 aromatic carbocycles. The zero-order valence-corrected chi connectivity index (χ0v) is 17.5. The van der Waals surface area contributed by atoms with Gasteiger partial charge < -0.3 is 19.6 Å². The lowest BCUT2D eigenvalue weighted by molar-refractivity contribution is -0.136. The molecule has 158 valence electrons. The van der Waals surface area contributed by atoms with Gasteiger partial charge in [-0.2, -0.15) is 0 Å². The molecule has 0 radical (unpaired) electrons. The standard InChI is InChI=1S/C20H35N5O3/c1-15-10-24(16(2)13-26)20(27)5-4-8-25-18(9-21-22-25)14-28-19(15)12-23(3)11-17-6-7-17/h9,15-17,19,26H,4-8,10-14H2,1-3H3/t15-,16-,19-/m0/s1. The zero-order chi connectivity index (χ0) is 20.1. The first-order valence-corrected chi connectivity index (χ1v) is 10.6. The molecule has 0 unspecified atom stereocenters. The maximum atomic E-state index is 12.8. The summed E-state index contributed by atoms with van der Waals surface area (Å²) < 4.78 is 8.18. The summed E-state index contributed by atoms with van der Waals surface area (Å²) in [7, 11) is 2.15. The molecule has 2 heterocycles. The Morgan fingerprint density at radius 3 is 2.89 bits per heavy atom. The normalized spacial score (nSPS) is 25.9. The van der Waals surface area contributed by atoms with Gasteiger partial charge in [0.2, 0.25) is 5.91 Å². The van der Waals surface area contributed by atoms with E-state index in [4.69, 9.17) is 4.74 Å². The fourth-order valence-corrected chi connectivity index (χ4v) is 3.87. The molecule has 1 amide bonds. The fraction of sp³-hybridized carbons (Fsp3) is 0.850. The van der Waals surface area contributed by atoms with Crippen molar-refractivity contribution in [2.45, 2.75) is 64.8 Å². The summed E-state index contributed by atoms with van der Waals surface area (Å²) in [6.45, 7) is 7.66. The summed E-state index contributed by atoms with van der Waals surface area (Å²) in [5.41, 5.74) is 0.954. The second-order valence-corrected chi connectivity index (χ2v) is 8.62. The molecule has 0 bridgehead atoms. The number of hydrogen-bond acceptors (Lipinski definition) is 6. The summed E-state index contributed by atoms with van der Waals surface area (Å²) >= 11 is 0. The highest BCUT2D eigenvalue weighted by molar-refractivity contribution is 5.76. The lowest BCUT2D eigenvalue weighted by atomic mass is 10.0. The van der Waals surface area contributed by atoms with E-state index in [0.29, 0.717) is 32.5 Å². The first kappa shape index (κ1) is 21.2. The van der Waals surface area contributed by atoms with Gasteiger partial charge in [0.15, 0.2) is 0 Å². The number of ether oxygens (including phenoxy) is 1. The minimum Gasteiger partial charge on any atom is -0.394 e. The van der Waals surface area contributed by atoms with Crippen LogP contribution >= 0.6 is 0 Å². The number of fused-ring (bicyclic) bond motifs is 1. The summed E-state index contributed by atoms with van der Waals surface area (Å²) in [5.74, 6) is 1.06. The number of amides is 1. The van der Waals surface area contributed by atoms with Crippen molar-refractivity contribution in [3.8, 4) is 0 Å². The Labute approximate surface area is 167 Å². The number of rotatable bonds is 6. The van der Waals surface area contributed by atoms with E-state index < -0.39 is 0 Å². The highest BCUT2D eigenvalue weighted by atomic mass is 16.5. The predicted octanol–water partition coefficient (Wildman–Crippen LogP) is 1.14. The molecule has 0 spiro atoms. The van der Waals surface area contributed by atoms with Gasteiger partial charge in [-0.3, -0.25) is 4.79 Å². The monoisotopic (exact) mass is 393 g/mol. The third kappa shape index (κ3) is 5.75. The average molecular weight is 394 g/mol. The molecule has 3 atom stereocenters. The van der Waals surface area contributed by atoms with Crippen LogP contribution in [-0.2, 0) is 22.7 Å². The zero-order valence-electron chi connectivity index (χ0n) is 17.5.